The van der Waals surface area contributed by atoms with Gasteiger partial charge in [0.2, 0.25) is 11.7 Å². The van der Waals surface area contributed by atoms with Crippen molar-refractivity contribution >= 4 is 5.97 Å². The summed E-state index contributed by atoms with van der Waals surface area (Å²) >= 11 is 0. The Balaban J connectivity index is 2.22. The van der Waals surface area contributed by atoms with Crippen LogP contribution in [0.2, 0.25) is 0 Å². The van der Waals surface area contributed by atoms with Gasteiger partial charge in [-0.15, -0.1) is 0 Å². The van der Waals surface area contributed by atoms with Gasteiger partial charge in [-0.2, -0.15) is 4.98 Å². The highest BCUT2D eigenvalue weighted by Gasteiger charge is 2.26. The van der Waals surface area contributed by atoms with Crippen LogP contribution >= 0.6 is 0 Å². The Labute approximate surface area is 110 Å². The van der Waals surface area contributed by atoms with Gasteiger partial charge in [0.05, 0.1) is 12.8 Å². The van der Waals surface area contributed by atoms with Crippen molar-refractivity contribution in [2.45, 2.75) is 26.2 Å². The van der Waals surface area contributed by atoms with Gasteiger partial charge < -0.3 is 9.26 Å². The number of hydrogen-bond acceptors (Lipinski definition) is 7. The average Bonchev–Trinajstić information content (AvgIpc) is 2.90. The summed E-state index contributed by atoms with van der Waals surface area (Å²) in [6.45, 7) is 3.93. The minimum Gasteiger partial charge on any atom is -0.465 e. The Morgan fingerprint density at radius 3 is 2.89 bits per heavy atom. The number of nitrogens with zero attached hydrogens (tertiary/aromatic N) is 4. The summed E-state index contributed by atoms with van der Waals surface area (Å²) in [6.07, 6.45) is 5.15. The van der Waals surface area contributed by atoms with Gasteiger partial charge in [-0.05, 0) is 13.3 Å². The van der Waals surface area contributed by atoms with Crippen molar-refractivity contribution in [1.82, 2.24) is 20.1 Å². The molecule has 0 N–H and O–H groups in total. The monoisotopic (exact) mass is 262 g/mol. The molecule has 7 nitrogen and oxygen atoms in total. The molecule has 0 radical (unpaired) electrons. The Morgan fingerprint density at radius 1 is 1.42 bits per heavy atom. The Morgan fingerprint density at radius 2 is 2.26 bits per heavy atom. The van der Waals surface area contributed by atoms with Gasteiger partial charge in [0, 0.05) is 12.4 Å². The lowest BCUT2D eigenvalue weighted by atomic mass is 10.1. The van der Waals surface area contributed by atoms with Crippen molar-refractivity contribution in [3.05, 3.63) is 24.5 Å². The largest absolute Gasteiger partial charge is 0.465 e. The number of rotatable bonds is 5. The third-order valence-electron chi connectivity index (χ3n) is 2.51. The van der Waals surface area contributed by atoms with Gasteiger partial charge in [-0.3, -0.25) is 9.78 Å². The average molecular weight is 262 g/mol. The number of ether oxygens (including phenoxy) is 1. The Hall–Kier alpha value is -2.31. The maximum absolute atomic E-state index is 11.7. The molecular weight excluding hydrogens is 248 g/mol. The quantitative estimate of drug-likeness (QED) is 0.755. The molecule has 0 saturated carbocycles. The van der Waals surface area contributed by atoms with E-state index in [0.717, 1.165) is 0 Å². The lowest BCUT2D eigenvalue weighted by Crippen LogP contribution is -2.15. The summed E-state index contributed by atoms with van der Waals surface area (Å²) in [4.78, 5) is 23.9. The topological polar surface area (TPSA) is 91.0 Å². The third kappa shape index (κ3) is 2.93. The molecule has 0 bridgehead atoms. The molecule has 0 aliphatic carbocycles. The van der Waals surface area contributed by atoms with Crippen molar-refractivity contribution in [2.24, 2.45) is 0 Å². The number of carbonyl (C=O) groups is 1. The first-order chi connectivity index (χ1) is 9.26. The lowest BCUT2D eigenvalue weighted by molar-refractivity contribution is -0.145. The molecule has 1 unspecified atom stereocenters. The van der Waals surface area contributed by atoms with E-state index in [1.165, 1.54) is 12.4 Å². The van der Waals surface area contributed by atoms with Crippen LogP contribution in [0.5, 0.6) is 0 Å². The standard InChI is InChI=1S/C12H14N4O3/c1-3-8(12(17)18-4-2)11-15-10(16-19-11)9-7-13-5-6-14-9/h5-8H,3-4H2,1-2H3. The molecule has 0 aliphatic rings. The molecule has 0 amide bonds. The van der Waals surface area contributed by atoms with Crippen LogP contribution in [-0.2, 0) is 9.53 Å². The van der Waals surface area contributed by atoms with Gasteiger partial charge in [-0.25, -0.2) is 4.98 Å². The molecule has 0 aromatic carbocycles. The molecule has 0 fully saturated rings. The van der Waals surface area contributed by atoms with Crippen molar-refractivity contribution in [3.63, 3.8) is 0 Å². The van der Waals surface area contributed by atoms with Crippen LogP contribution < -0.4 is 0 Å². The number of aromatic nitrogens is 4. The van der Waals surface area contributed by atoms with Crippen molar-refractivity contribution in [3.8, 4) is 11.5 Å². The minimum atomic E-state index is -0.544. The van der Waals surface area contributed by atoms with E-state index in [-0.39, 0.29) is 11.9 Å². The highest BCUT2D eigenvalue weighted by atomic mass is 16.5. The normalized spacial score (nSPS) is 12.1. The second-order valence-corrected chi connectivity index (χ2v) is 3.76. The van der Waals surface area contributed by atoms with E-state index in [1.807, 2.05) is 6.92 Å². The van der Waals surface area contributed by atoms with Gasteiger partial charge in [0.1, 0.15) is 11.6 Å². The maximum Gasteiger partial charge on any atom is 0.318 e. The van der Waals surface area contributed by atoms with Crippen molar-refractivity contribution in [1.29, 1.82) is 0 Å². The van der Waals surface area contributed by atoms with Crippen LogP contribution in [-0.4, -0.2) is 32.7 Å². The number of hydrogen-bond donors (Lipinski definition) is 0. The molecule has 7 heteroatoms. The molecule has 19 heavy (non-hydrogen) atoms. The predicted molar refractivity (Wildman–Crippen MR) is 65.0 cm³/mol. The molecule has 100 valence electrons. The fraction of sp³-hybridized carbons (Fsp3) is 0.417. The minimum absolute atomic E-state index is 0.238. The summed E-state index contributed by atoms with van der Waals surface area (Å²) < 4.78 is 10.1. The Bertz CT molecular complexity index is 541. The summed E-state index contributed by atoms with van der Waals surface area (Å²) in [5.74, 6) is -0.357. The van der Waals surface area contributed by atoms with E-state index >= 15 is 0 Å². The summed E-state index contributed by atoms with van der Waals surface area (Å²) in [5.41, 5.74) is 0.496. The van der Waals surface area contributed by atoms with Gasteiger partial charge >= 0.3 is 5.97 Å². The summed E-state index contributed by atoms with van der Waals surface area (Å²) in [5, 5.41) is 3.80. The SMILES string of the molecule is CCOC(=O)C(CC)c1nc(-c2cnccn2)no1. The van der Waals surface area contributed by atoms with Crippen LogP contribution in [0.15, 0.2) is 23.1 Å². The van der Waals surface area contributed by atoms with Crippen LogP contribution in [0, 0.1) is 0 Å². The highest BCUT2D eigenvalue weighted by molar-refractivity contribution is 5.76. The van der Waals surface area contributed by atoms with Gasteiger partial charge in [0.25, 0.3) is 0 Å². The molecule has 2 aromatic rings. The van der Waals surface area contributed by atoms with Crippen molar-refractivity contribution < 1.29 is 14.1 Å². The first-order valence-corrected chi connectivity index (χ1v) is 6.02. The number of esters is 1. The van der Waals surface area contributed by atoms with E-state index in [1.54, 1.807) is 13.1 Å². The molecular formula is C12H14N4O3. The fourth-order valence-corrected chi connectivity index (χ4v) is 1.58. The van der Waals surface area contributed by atoms with Gasteiger partial charge in [-0.1, -0.05) is 12.1 Å². The molecule has 0 aliphatic heterocycles. The Kier molecular flexibility index (Phi) is 4.17. The molecule has 1 atom stereocenters. The maximum atomic E-state index is 11.7. The fourth-order valence-electron chi connectivity index (χ4n) is 1.58. The first kappa shape index (κ1) is 13.1. The zero-order valence-electron chi connectivity index (χ0n) is 10.7. The van der Waals surface area contributed by atoms with E-state index in [4.69, 9.17) is 9.26 Å². The molecule has 2 aromatic heterocycles. The lowest BCUT2D eigenvalue weighted by Gasteiger charge is -2.08. The first-order valence-electron chi connectivity index (χ1n) is 6.02. The molecule has 2 rings (SSSR count). The van der Waals surface area contributed by atoms with Crippen LogP contribution in [0.4, 0.5) is 0 Å². The zero-order chi connectivity index (χ0) is 13.7. The summed E-state index contributed by atoms with van der Waals surface area (Å²) in [6, 6.07) is 0. The van der Waals surface area contributed by atoms with E-state index in [2.05, 4.69) is 20.1 Å². The second kappa shape index (κ2) is 6.03. The van der Waals surface area contributed by atoms with E-state index in [0.29, 0.717) is 24.5 Å². The predicted octanol–water partition coefficient (Wildman–Crippen LogP) is 1.58. The third-order valence-corrected chi connectivity index (χ3v) is 2.51. The molecule has 0 saturated heterocycles. The van der Waals surface area contributed by atoms with Crippen molar-refractivity contribution in [2.75, 3.05) is 6.61 Å². The number of carbonyl (C=O) groups excluding carboxylic acids is 1. The van der Waals surface area contributed by atoms with Gasteiger partial charge in [0.15, 0.2) is 0 Å². The summed E-state index contributed by atoms with van der Waals surface area (Å²) in [7, 11) is 0. The smallest absolute Gasteiger partial charge is 0.318 e. The second-order valence-electron chi connectivity index (χ2n) is 3.76. The van der Waals surface area contributed by atoms with Crippen LogP contribution in [0.1, 0.15) is 32.1 Å². The van der Waals surface area contributed by atoms with E-state index < -0.39 is 5.92 Å². The van der Waals surface area contributed by atoms with E-state index in [9.17, 15) is 4.79 Å². The van der Waals surface area contributed by atoms with Crippen LogP contribution in [0.3, 0.4) is 0 Å². The highest BCUT2D eigenvalue weighted by Crippen LogP contribution is 2.21. The van der Waals surface area contributed by atoms with Crippen LogP contribution in [0.25, 0.3) is 11.5 Å². The molecule has 2 heterocycles. The zero-order valence-corrected chi connectivity index (χ0v) is 10.7. The molecule has 0 spiro atoms.